The standard InChI is InChI=1S/C9H12O4/c1-5(10)7-4-6(9(12)13)2-3-8(7)11/h6-7H,2-4H2,1H3,(H,12,13). The Morgan fingerprint density at radius 1 is 1.46 bits per heavy atom. The first-order valence-corrected chi connectivity index (χ1v) is 4.28. The number of ketones is 2. The van der Waals surface area contributed by atoms with E-state index in [9.17, 15) is 14.4 Å². The molecule has 1 aliphatic carbocycles. The van der Waals surface area contributed by atoms with Gasteiger partial charge < -0.3 is 5.11 Å². The van der Waals surface area contributed by atoms with Crippen LogP contribution in [0.15, 0.2) is 0 Å². The lowest BCUT2D eigenvalue weighted by molar-refractivity contribution is -0.145. The smallest absolute Gasteiger partial charge is 0.306 e. The molecule has 0 aromatic carbocycles. The molecule has 1 saturated carbocycles. The molecule has 0 aromatic heterocycles. The second kappa shape index (κ2) is 3.68. The van der Waals surface area contributed by atoms with E-state index in [1.807, 2.05) is 0 Å². The predicted molar refractivity (Wildman–Crippen MR) is 44.2 cm³/mol. The number of carboxylic acid groups (broad SMARTS) is 1. The van der Waals surface area contributed by atoms with Crippen LogP contribution in [0.1, 0.15) is 26.2 Å². The van der Waals surface area contributed by atoms with Crippen LogP contribution in [0.5, 0.6) is 0 Å². The van der Waals surface area contributed by atoms with Crippen LogP contribution in [0.25, 0.3) is 0 Å². The molecule has 0 saturated heterocycles. The Balaban J connectivity index is 2.68. The Bertz CT molecular complexity index is 256. The van der Waals surface area contributed by atoms with E-state index in [4.69, 9.17) is 5.11 Å². The summed E-state index contributed by atoms with van der Waals surface area (Å²) in [6, 6.07) is 0. The van der Waals surface area contributed by atoms with Crippen molar-refractivity contribution in [1.29, 1.82) is 0 Å². The maximum atomic E-state index is 11.2. The maximum Gasteiger partial charge on any atom is 0.306 e. The summed E-state index contributed by atoms with van der Waals surface area (Å²) in [6.45, 7) is 1.34. The summed E-state index contributed by atoms with van der Waals surface area (Å²) < 4.78 is 0. The molecule has 0 bridgehead atoms. The molecule has 2 atom stereocenters. The molecule has 4 nitrogen and oxygen atoms in total. The fourth-order valence-electron chi connectivity index (χ4n) is 1.64. The van der Waals surface area contributed by atoms with Crippen molar-refractivity contribution in [3.63, 3.8) is 0 Å². The van der Waals surface area contributed by atoms with E-state index < -0.39 is 17.8 Å². The van der Waals surface area contributed by atoms with Gasteiger partial charge in [-0.15, -0.1) is 0 Å². The van der Waals surface area contributed by atoms with Crippen LogP contribution in [0.2, 0.25) is 0 Å². The lowest BCUT2D eigenvalue weighted by Gasteiger charge is -2.23. The van der Waals surface area contributed by atoms with Gasteiger partial charge in [-0.25, -0.2) is 0 Å². The quantitative estimate of drug-likeness (QED) is 0.639. The molecule has 0 heterocycles. The van der Waals surface area contributed by atoms with Crippen LogP contribution in [0.4, 0.5) is 0 Å². The number of rotatable bonds is 2. The van der Waals surface area contributed by atoms with Crippen molar-refractivity contribution < 1.29 is 19.5 Å². The maximum absolute atomic E-state index is 11.2. The van der Waals surface area contributed by atoms with Crippen molar-refractivity contribution in [2.45, 2.75) is 26.2 Å². The van der Waals surface area contributed by atoms with E-state index in [-0.39, 0.29) is 24.4 Å². The number of carboxylic acids is 1. The molecule has 0 aliphatic heterocycles. The first-order chi connectivity index (χ1) is 6.02. The Morgan fingerprint density at radius 2 is 2.08 bits per heavy atom. The number of carbonyl (C=O) groups is 3. The second-order valence-electron chi connectivity index (χ2n) is 3.44. The third-order valence-corrected chi connectivity index (χ3v) is 2.49. The van der Waals surface area contributed by atoms with Crippen LogP contribution >= 0.6 is 0 Å². The van der Waals surface area contributed by atoms with Gasteiger partial charge in [0.05, 0.1) is 11.8 Å². The summed E-state index contributed by atoms with van der Waals surface area (Å²) in [5.41, 5.74) is 0. The average molecular weight is 184 g/mol. The van der Waals surface area contributed by atoms with Gasteiger partial charge in [-0.05, 0) is 19.8 Å². The van der Waals surface area contributed by atoms with E-state index in [1.54, 1.807) is 0 Å². The minimum atomic E-state index is -0.904. The molecule has 4 heteroatoms. The summed E-state index contributed by atoms with van der Waals surface area (Å²) in [6.07, 6.45) is 0.780. The Morgan fingerprint density at radius 3 is 2.54 bits per heavy atom. The Labute approximate surface area is 75.9 Å². The molecular formula is C9H12O4. The molecular weight excluding hydrogens is 172 g/mol. The van der Waals surface area contributed by atoms with Gasteiger partial charge in [-0.3, -0.25) is 14.4 Å². The molecule has 1 fully saturated rings. The van der Waals surface area contributed by atoms with Crippen LogP contribution in [0, 0.1) is 11.8 Å². The van der Waals surface area contributed by atoms with Gasteiger partial charge in [0, 0.05) is 6.42 Å². The molecule has 0 radical (unpaired) electrons. The zero-order valence-electron chi connectivity index (χ0n) is 7.45. The number of Topliss-reactive ketones (excluding diaryl/α,β-unsaturated/α-hetero) is 2. The van der Waals surface area contributed by atoms with Crippen molar-refractivity contribution in [2.75, 3.05) is 0 Å². The van der Waals surface area contributed by atoms with E-state index in [0.29, 0.717) is 6.42 Å². The van der Waals surface area contributed by atoms with E-state index >= 15 is 0 Å². The van der Waals surface area contributed by atoms with Crippen molar-refractivity contribution in [3.05, 3.63) is 0 Å². The number of carbonyl (C=O) groups excluding carboxylic acids is 2. The first kappa shape index (κ1) is 9.89. The van der Waals surface area contributed by atoms with Crippen LogP contribution in [0.3, 0.4) is 0 Å². The van der Waals surface area contributed by atoms with Crippen molar-refractivity contribution >= 4 is 17.5 Å². The molecule has 13 heavy (non-hydrogen) atoms. The fraction of sp³-hybridized carbons (Fsp3) is 0.667. The third-order valence-electron chi connectivity index (χ3n) is 2.49. The highest BCUT2D eigenvalue weighted by Gasteiger charge is 2.34. The molecule has 0 aromatic rings. The minimum absolute atomic E-state index is 0.106. The second-order valence-corrected chi connectivity index (χ2v) is 3.44. The largest absolute Gasteiger partial charge is 0.481 e. The topological polar surface area (TPSA) is 71.4 Å². The first-order valence-electron chi connectivity index (χ1n) is 4.28. The number of hydrogen-bond acceptors (Lipinski definition) is 3. The summed E-state index contributed by atoms with van der Waals surface area (Å²) >= 11 is 0. The number of aliphatic carboxylic acids is 1. The third kappa shape index (κ3) is 2.14. The molecule has 1 rings (SSSR count). The van der Waals surface area contributed by atoms with E-state index in [0.717, 1.165) is 0 Å². The molecule has 0 spiro atoms. The summed E-state index contributed by atoms with van der Waals surface area (Å²) in [7, 11) is 0. The highest BCUT2D eigenvalue weighted by atomic mass is 16.4. The zero-order chi connectivity index (χ0) is 10.0. The van der Waals surface area contributed by atoms with Crippen molar-refractivity contribution in [3.8, 4) is 0 Å². The monoisotopic (exact) mass is 184 g/mol. The lowest BCUT2D eigenvalue weighted by Crippen LogP contribution is -2.33. The fourth-order valence-corrected chi connectivity index (χ4v) is 1.64. The number of hydrogen-bond donors (Lipinski definition) is 1. The zero-order valence-corrected chi connectivity index (χ0v) is 7.45. The van der Waals surface area contributed by atoms with Crippen molar-refractivity contribution in [1.82, 2.24) is 0 Å². The summed E-state index contributed by atoms with van der Waals surface area (Å²) in [4.78, 5) is 32.8. The molecule has 0 amide bonds. The average Bonchev–Trinajstić information content (AvgIpc) is 2.04. The normalized spacial score (nSPS) is 28.5. The van der Waals surface area contributed by atoms with Gasteiger partial charge in [-0.2, -0.15) is 0 Å². The molecule has 2 unspecified atom stereocenters. The molecule has 1 N–H and O–H groups in total. The molecule has 1 aliphatic rings. The summed E-state index contributed by atoms with van der Waals surface area (Å²) in [5, 5.41) is 8.70. The Hall–Kier alpha value is -1.19. The predicted octanol–water partition coefficient (Wildman–Crippen LogP) is 0.645. The highest BCUT2D eigenvalue weighted by Crippen LogP contribution is 2.27. The van der Waals surface area contributed by atoms with Crippen LogP contribution in [-0.2, 0) is 14.4 Å². The summed E-state index contributed by atoms with van der Waals surface area (Å²) in [5.74, 6) is -2.42. The van der Waals surface area contributed by atoms with Crippen LogP contribution in [-0.4, -0.2) is 22.6 Å². The SMILES string of the molecule is CC(=O)C1CC(C(=O)O)CCC1=O. The lowest BCUT2D eigenvalue weighted by atomic mass is 9.79. The van der Waals surface area contributed by atoms with Gasteiger partial charge in [0.1, 0.15) is 11.6 Å². The molecule has 72 valence electrons. The Kier molecular flexibility index (Phi) is 2.80. The highest BCUT2D eigenvalue weighted by molar-refractivity contribution is 6.02. The van der Waals surface area contributed by atoms with Crippen molar-refractivity contribution in [2.24, 2.45) is 11.8 Å². The van der Waals surface area contributed by atoms with Crippen LogP contribution < -0.4 is 0 Å². The minimum Gasteiger partial charge on any atom is -0.481 e. The van der Waals surface area contributed by atoms with E-state index in [2.05, 4.69) is 0 Å². The van der Waals surface area contributed by atoms with E-state index in [1.165, 1.54) is 6.92 Å². The van der Waals surface area contributed by atoms with Gasteiger partial charge in [-0.1, -0.05) is 0 Å². The van der Waals surface area contributed by atoms with Gasteiger partial charge >= 0.3 is 5.97 Å². The van der Waals surface area contributed by atoms with Gasteiger partial charge in [0.2, 0.25) is 0 Å². The van der Waals surface area contributed by atoms with Gasteiger partial charge in [0.15, 0.2) is 0 Å². The van der Waals surface area contributed by atoms with Gasteiger partial charge in [0.25, 0.3) is 0 Å².